The lowest BCUT2D eigenvalue weighted by Gasteiger charge is -2.30. The molecule has 2 aliphatic heterocycles. The molecule has 2 saturated heterocycles. The van der Waals surface area contributed by atoms with Gasteiger partial charge < -0.3 is 9.47 Å². The van der Waals surface area contributed by atoms with E-state index < -0.39 is 0 Å². The van der Waals surface area contributed by atoms with Gasteiger partial charge in [0.25, 0.3) is 0 Å². The summed E-state index contributed by atoms with van der Waals surface area (Å²) in [5.41, 5.74) is 0. The first-order valence-corrected chi connectivity index (χ1v) is 7.72. The fourth-order valence-electron chi connectivity index (χ4n) is 2.57. The molecular formula is C14H18BrClO2. The molecule has 18 heavy (non-hydrogen) atoms. The van der Waals surface area contributed by atoms with Crippen LogP contribution in [-0.4, -0.2) is 34.6 Å². The summed E-state index contributed by atoms with van der Waals surface area (Å²) in [6, 6.07) is 0. The van der Waals surface area contributed by atoms with Crippen molar-refractivity contribution < 1.29 is 9.47 Å². The van der Waals surface area contributed by atoms with E-state index in [9.17, 15) is 0 Å². The van der Waals surface area contributed by atoms with Gasteiger partial charge in [-0.15, -0.1) is 18.0 Å². The molecule has 0 aliphatic carbocycles. The maximum atomic E-state index is 6.43. The Morgan fingerprint density at radius 2 is 2.17 bits per heavy atom. The van der Waals surface area contributed by atoms with Gasteiger partial charge >= 0.3 is 0 Å². The van der Waals surface area contributed by atoms with Gasteiger partial charge in [-0.2, -0.15) is 0 Å². The summed E-state index contributed by atoms with van der Waals surface area (Å²) < 4.78 is 12.1. The number of alkyl halides is 2. The van der Waals surface area contributed by atoms with Crippen LogP contribution in [0.2, 0.25) is 0 Å². The van der Waals surface area contributed by atoms with Crippen LogP contribution in [0.25, 0.3) is 0 Å². The van der Waals surface area contributed by atoms with Crippen LogP contribution < -0.4 is 0 Å². The summed E-state index contributed by atoms with van der Waals surface area (Å²) in [6.45, 7) is 2.13. The average Bonchev–Trinajstić information content (AvgIpc) is 2.76. The third-order valence-electron chi connectivity index (χ3n) is 3.55. The van der Waals surface area contributed by atoms with Crippen LogP contribution >= 0.6 is 27.5 Å². The highest BCUT2D eigenvalue weighted by molar-refractivity contribution is 9.09. The van der Waals surface area contributed by atoms with E-state index in [1.807, 2.05) is 6.08 Å². The molecule has 4 heteroatoms. The average molecular weight is 334 g/mol. The van der Waals surface area contributed by atoms with Crippen molar-refractivity contribution >= 4 is 27.5 Å². The zero-order valence-corrected chi connectivity index (χ0v) is 12.7. The largest absolute Gasteiger partial charge is 0.371 e. The van der Waals surface area contributed by atoms with E-state index in [4.69, 9.17) is 27.5 Å². The number of rotatable bonds is 2. The smallest absolute Gasteiger partial charge is 0.103 e. The molecule has 0 unspecified atom stereocenters. The second-order valence-electron chi connectivity index (χ2n) is 4.79. The molecule has 0 aromatic rings. The molecule has 0 radical (unpaired) electrons. The lowest BCUT2D eigenvalue weighted by Crippen LogP contribution is -2.36. The van der Waals surface area contributed by atoms with Crippen molar-refractivity contribution in [2.24, 2.45) is 0 Å². The molecule has 0 amide bonds. The Hall–Kier alpha value is -0.0100. The number of hydrogen-bond donors (Lipinski definition) is 0. The molecule has 0 saturated carbocycles. The van der Waals surface area contributed by atoms with Crippen LogP contribution in [0.4, 0.5) is 0 Å². The number of halogens is 2. The first-order chi connectivity index (χ1) is 8.65. The predicted octanol–water partition coefficient (Wildman–Crippen LogP) is 3.27. The molecule has 0 N–H and O–H groups in total. The van der Waals surface area contributed by atoms with Crippen molar-refractivity contribution in [2.45, 2.75) is 60.8 Å². The molecule has 2 heterocycles. The van der Waals surface area contributed by atoms with Crippen molar-refractivity contribution in [1.82, 2.24) is 0 Å². The molecule has 6 atom stereocenters. The van der Waals surface area contributed by atoms with Crippen LogP contribution in [0.1, 0.15) is 26.2 Å². The van der Waals surface area contributed by atoms with Gasteiger partial charge in [0.15, 0.2) is 0 Å². The highest BCUT2D eigenvalue weighted by atomic mass is 79.9. The molecule has 2 aliphatic rings. The van der Waals surface area contributed by atoms with Gasteiger partial charge in [0.2, 0.25) is 0 Å². The molecule has 2 nitrogen and oxygen atoms in total. The molecule has 0 spiro atoms. The van der Waals surface area contributed by atoms with Crippen molar-refractivity contribution in [3.05, 3.63) is 12.2 Å². The van der Waals surface area contributed by atoms with E-state index >= 15 is 0 Å². The Labute approximate surface area is 122 Å². The van der Waals surface area contributed by atoms with Gasteiger partial charge in [-0.05, 0) is 25.0 Å². The Kier molecular flexibility index (Phi) is 5.14. The van der Waals surface area contributed by atoms with Gasteiger partial charge in [-0.25, -0.2) is 0 Å². The minimum Gasteiger partial charge on any atom is -0.371 e. The quantitative estimate of drug-likeness (QED) is 0.570. The van der Waals surface area contributed by atoms with E-state index in [1.165, 1.54) is 0 Å². The van der Waals surface area contributed by atoms with E-state index in [-0.39, 0.29) is 34.6 Å². The highest BCUT2D eigenvalue weighted by Crippen LogP contribution is 2.36. The second-order valence-corrected chi connectivity index (χ2v) is 6.53. The summed E-state index contributed by atoms with van der Waals surface area (Å²) in [4.78, 5) is 0.286. The lowest BCUT2D eigenvalue weighted by molar-refractivity contribution is -0.0358. The van der Waals surface area contributed by atoms with Crippen LogP contribution in [0.3, 0.4) is 0 Å². The summed E-state index contributed by atoms with van der Waals surface area (Å²) in [7, 11) is 0. The second kappa shape index (κ2) is 6.43. The maximum absolute atomic E-state index is 6.43. The molecule has 0 aromatic carbocycles. The Morgan fingerprint density at radius 3 is 2.83 bits per heavy atom. The van der Waals surface area contributed by atoms with E-state index in [0.29, 0.717) is 0 Å². The standard InChI is InChI=1S/C14H18BrClO2/c1-3-5-6-12-14-8-13(18-12)10(16)7-9(15)11(4-2)17-14/h1,5-6,9-14H,4,7-8H2,2H3/b6-5+/t9-,10-,11+,12-,13-,14-/m0/s1. The van der Waals surface area contributed by atoms with Gasteiger partial charge in [-0.1, -0.05) is 28.8 Å². The summed E-state index contributed by atoms with van der Waals surface area (Å²) in [5.74, 6) is 2.49. The van der Waals surface area contributed by atoms with Crippen LogP contribution in [0.15, 0.2) is 12.2 Å². The summed E-state index contributed by atoms with van der Waals surface area (Å²) >= 11 is 10.1. The molecule has 0 aromatic heterocycles. The van der Waals surface area contributed by atoms with Gasteiger partial charge in [0.1, 0.15) is 6.10 Å². The minimum atomic E-state index is -0.0702. The Balaban J connectivity index is 2.14. The van der Waals surface area contributed by atoms with E-state index in [1.54, 1.807) is 6.08 Å². The first kappa shape index (κ1) is 14.4. The third kappa shape index (κ3) is 3.11. The lowest BCUT2D eigenvalue weighted by atomic mass is 10.00. The van der Waals surface area contributed by atoms with Crippen molar-refractivity contribution in [2.75, 3.05) is 0 Å². The topological polar surface area (TPSA) is 18.5 Å². The van der Waals surface area contributed by atoms with Gasteiger partial charge in [0.05, 0.1) is 23.7 Å². The first-order valence-electron chi connectivity index (χ1n) is 6.37. The van der Waals surface area contributed by atoms with E-state index in [0.717, 1.165) is 19.3 Å². The fraction of sp³-hybridized carbons (Fsp3) is 0.714. The summed E-state index contributed by atoms with van der Waals surface area (Å²) in [6.07, 6.45) is 11.7. The Bertz CT molecular complexity index is 352. The molecule has 2 rings (SSSR count). The Morgan fingerprint density at radius 1 is 1.39 bits per heavy atom. The minimum absolute atomic E-state index is 0.0269. The van der Waals surface area contributed by atoms with Crippen molar-refractivity contribution in [3.63, 3.8) is 0 Å². The predicted molar refractivity (Wildman–Crippen MR) is 77.2 cm³/mol. The normalized spacial score (nSPS) is 44.6. The van der Waals surface area contributed by atoms with Crippen LogP contribution in [0.5, 0.6) is 0 Å². The molecule has 2 fully saturated rings. The number of hydrogen-bond acceptors (Lipinski definition) is 2. The molecular weight excluding hydrogens is 316 g/mol. The van der Waals surface area contributed by atoms with Gasteiger partial charge in [0, 0.05) is 11.2 Å². The molecule has 100 valence electrons. The van der Waals surface area contributed by atoms with Crippen molar-refractivity contribution in [3.8, 4) is 12.3 Å². The molecule has 2 bridgehead atoms. The zero-order chi connectivity index (χ0) is 13.1. The fourth-order valence-corrected chi connectivity index (χ4v) is 4.04. The highest BCUT2D eigenvalue weighted by Gasteiger charge is 2.43. The summed E-state index contributed by atoms with van der Waals surface area (Å²) in [5, 5.41) is 0.0269. The van der Waals surface area contributed by atoms with Crippen LogP contribution in [-0.2, 0) is 9.47 Å². The number of fused-ring (bicyclic) bond motifs is 2. The number of ether oxygens (including phenoxy) is 2. The SMILES string of the molecule is C#C/C=C/[C@@H]1O[C@H]2C[C@@H]1O[C@H](CC)[C@@H](Br)C[C@@H]2Cl. The van der Waals surface area contributed by atoms with E-state index in [2.05, 4.69) is 28.8 Å². The maximum Gasteiger partial charge on any atom is 0.103 e. The van der Waals surface area contributed by atoms with Gasteiger partial charge in [-0.3, -0.25) is 0 Å². The van der Waals surface area contributed by atoms with Crippen molar-refractivity contribution in [1.29, 1.82) is 0 Å². The number of terminal acetylenes is 1. The zero-order valence-electron chi connectivity index (χ0n) is 10.4. The monoisotopic (exact) mass is 332 g/mol. The number of allylic oxidation sites excluding steroid dienone is 1. The third-order valence-corrected chi connectivity index (χ3v) is 4.98. The van der Waals surface area contributed by atoms with Crippen LogP contribution in [0, 0.1) is 12.3 Å².